The summed E-state index contributed by atoms with van der Waals surface area (Å²) in [7, 11) is 0. The SMILES string of the molecule is CCCCCCn1c(C(C)Cl)nc2cc(F)c(C)cc21. The lowest BCUT2D eigenvalue weighted by Gasteiger charge is -2.10. The molecule has 0 bridgehead atoms. The molecule has 0 aliphatic carbocycles. The maximum absolute atomic E-state index is 13.7. The quantitative estimate of drug-likeness (QED) is 0.518. The molecule has 0 N–H and O–H groups in total. The van der Waals surface area contributed by atoms with Gasteiger partial charge in [0.2, 0.25) is 0 Å². The van der Waals surface area contributed by atoms with Crippen molar-refractivity contribution in [2.24, 2.45) is 0 Å². The van der Waals surface area contributed by atoms with Crippen LogP contribution in [0.15, 0.2) is 12.1 Å². The first-order valence-electron chi connectivity index (χ1n) is 7.35. The average Bonchev–Trinajstić information content (AvgIpc) is 2.74. The van der Waals surface area contributed by atoms with Gasteiger partial charge in [0.15, 0.2) is 0 Å². The van der Waals surface area contributed by atoms with Gasteiger partial charge in [0.25, 0.3) is 0 Å². The number of aryl methyl sites for hydroxylation is 2. The molecule has 1 unspecified atom stereocenters. The average molecular weight is 297 g/mol. The topological polar surface area (TPSA) is 17.8 Å². The molecule has 0 amide bonds. The van der Waals surface area contributed by atoms with E-state index in [1.807, 2.05) is 13.0 Å². The minimum atomic E-state index is -0.207. The van der Waals surface area contributed by atoms with E-state index in [9.17, 15) is 4.39 Å². The molecule has 2 aromatic rings. The van der Waals surface area contributed by atoms with Crippen LogP contribution >= 0.6 is 11.6 Å². The highest BCUT2D eigenvalue weighted by Crippen LogP contribution is 2.27. The van der Waals surface area contributed by atoms with Gasteiger partial charge in [-0.1, -0.05) is 26.2 Å². The zero-order chi connectivity index (χ0) is 14.7. The summed E-state index contributed by atoms with van der Waals surface area (Å²) in [6.07, 6.45) is 4.76. The lowest BCUT2D eigenvalue weighted by Crippen LogP contribution is -2.05. The van der Waals surface area contributed by atoms with Crippen LogP contribution in [0.4, 0.5) is 4.39 Å². The summed E-state index contributed by atoms with van der Waals surface area (Å²) in [5, 5.41) is -0.169. The number of fused-ring (bicyclic) bond motifs is 1. The maximum Gasteiger partial charge on any atom is 0.128 e. The second kappa shape index (κ2) is 6.57. The van der Waals surface area contributed by atoms with E-state index in [1.165, 1.54) is 25.3 Å². The van der Waals surface area contributed by atoms with Gasteiger partial charge >= 0.3 is 0 Å². The Morgan fingerprint density at radius 3 is 2.70 bits per heavy atom. The molecule has 4 heteroatoms. The molecule has 0 aliphatic heterocycles. The molecule has 20 heavy (non-hydrogen) atoms. The van der Waals surface area contributed by atoms with Crippen molar-refractivity contribution in [3.8, 4) is 0 Å². The molecule has 0 fully saturated rings. The number of imidazole rings is 1. The predicted molar refractivity (Wildman–Crippen MR) is 82.8 cm³/mol. The van der Waals surface area contributed by atoms with E-state index < -0.39 is 0 Å². The molecule has 0 spiro atoms. The molecule has 0 aliphatic rings. The molecule has 1 atom stereocenters. The van der Waals surface area contributed by atoms with Crippen molar-refractivity contribution in [1.29, 1.82) is 0 Å². The Kier molecular flexibility index (Phi) is 5.03. The summed E-state index contributed by atoms with van der Waals surface area (Å²) < 4.78 is 15.8. The van der Waals surface area contributed by atoms with Gasteiger partial charge in [-0.2, -0.15) is 0 Å². The Bertz CT molecular complexity index is 590. The van der Waals surface area contributed by atoms with E-state index in [4.69, 9.17) is 11.6 Å². The van der Waals surface area contributed by atoms with E-state index in [0.29, 0.717) is 11.1 Å². The highest BCUT2D eigenvalue weighted by atomic mass is 35.5. The van der Waals surface area contributed by atoms with Crippen LogP contribution in [0, 0.1) is 12.7 Å². The first-order chi connectivity index (χ1) is 9.54. The second-order valence-electron chi connectivity index (χ2n) is 5.39. The van der Waals surface area contributed by atoms with Crippen molar-refractivity contribution < 1.29 is 4.39 Å². The van der Waals surface area contributed by atoms with Crippen LogP contribution in [0.2, 0.25) is 0 Å². The molecular formula is C16H22ClFN2. The first kappa shape index (κ1) is 15.3. The van der Waals surface area contributed by atoms with Crippen molar-refractivity contribution in [3.63, 3.8) is 0 Å². The number of unbranched alkanes of at least 4 members (excludes halogenated alkanes) is 3. The third-order valence-corrected chi connectivity index (χ3v) is 3.84. The fraction of sp³-hybridized carbons (Fsp3) is 0.562. The van der Waals surface area contributed by atoms with Crippen molar-refractivity contribution in [2.45, 2.75) is 58.4 Å². The molecule has 1 aromatic carbocycles. The van der Waals surface area contributed by atoms with Crippen molar-refractivity contribution in [3.05, 3.63) is 29.3 Å². The minimum Gasteiger partial charge on any atom is -0.327 e. The van der Waals surface area contributed by atoms with Gasteiger partial charge in [0.05, 0.1) is 16.4 Å². The van der Waals surface area contributed by atoms with E-state index in [-0.39, 0.29) is 11.2 Å². The van der Waals surface area contributed by atoms with Crippen LogP contribution in [0.3, 0.4) is 0 Å². The Labute approximate surface area is 125 Å². The van der Waals surface area contributed by atoms with Gasteiger partial charge in [0.1, 0.15) is 11.6 Å². The van der Waals surface area contributed by atoms with Crippen LogP contribution in [0.5, 0.6) is 0 Å². The summed E-state index contributed by atoms with van der Waals surface area (Å²) in [5.41, 5.74) is 2.34. The Hall–Kier alpha value is -1.09. The molecular weight excluding hydrogens is 275 g/mol. The highest BCUT2D eigenvalue weighted by Gasteiger charge is 2.16. The molecule has 2 rings (SSSR count). The summed E-state index contributed by atoms with van der Waals surface area (Å²) in [4.78, 5) is 4.50. The predicted octanol–water partition coefficient (Wildman–Crippen LogP) is 5.36. The van der Waals surface area contributed by atoms with Crippen molar-refractivity contribution in [1.82, 2.24) is 9.55 Å². The molecule has 0 saturated carbocycles. The largest absolute Gasteiger partial charge is 0.327 e. The van der Waals surface area contributed by atoms with Gasteiger partial charge < -0.3 is 4.57 Å². The summed E-state index contributed by atoms with van der Waals surface area (Å²) in [6, 6.07) is 3.39. The molecule has 0 radical (unpaired) electrons. The minimum absolute atomic E-state index is 0.169. The number of benzene rings is 1. The van der Waals surface area contributed by atoms with Crippen LogP contribution < -0.4 is 0 Å². The first-order valence-corrected chi connectivity index (χ1v) is 7.78. The van der Waals surface area contributed by atoms with Gasteiger partial charge in [-0.05, 0) is 31.9 Å². The highest BCUT2D eigenvalue weighted by molar-refractivity contribution is 6.20. The third kappa shape index (κ3) is 3.14. The van der Waals surface area contributed by atoms with Crippen molar-refractivity contribution >= 4 is 22.6 Å². The number of rotatable bonds is 6. The number of aromatic nitrogens is 2. The van der Waals surface area contributed by atoms with Crippen LogP contribution in [-0.4, -0.2) is 9.55 Å². The monoisotopic (exact) mass is 296 g/mol. The molecule has 0 saturated heterocycles. The normalized spacial score (nSPS) is 13.1. The molecule has 2 nitrogen and oxygen atoms in total. The third-order valence-electron chi connectivity index (χ3n) is 3.65. The fourth-order valence-electron chi connectivity index (χ4n) is 2.50. The zero-order valence-corrected chi connectivity index (χ0v) is 13.2. The number of halogens is 2. The van der Waals surface area contributed by atoms with Crippen LogP contribution in [0.1, 0.15) is 56.3 Å². The van der Waals surface area contributed by atoms with Gasteiger partial charge in [-0.25, -0.2) is 9.37 Å². The van der Waals surface area contributed by atoms with Gasteiger partial charge in [-0.15, -0.1) is 11.6 Å². The molecule has 1 aromatic heterocycles. The zero-order valence-electron chi connectivity index (χ0n) is 12.4. The van der Waals surface area contributed by atoms with Gasteiger partial charge in [0, 0.05) is 12.6 Å². The summed E-state index contributed by atoms with van der Waals surface area (Å²) in [6.45, 7) is 6.79. The number of hydrogen-bond donors (Lipinski definition) is 0. The van der Waals surface area contributed by atoms with Crippen LogP contribution in [-0.2, 0) is 6.54 Å². The van der Waals surface area contributed by atoms with E-state index in [0.717, 1.165) is 24.3 Å². The number of hydrogen-bond acceptors (Lipinski definition) is 1. The number of alkyl halides is 1. The van der Waals surface area contributed by atoms with E-state index >= 15 is 0 Å². The number of nitrogens with zero attached hydrogens (tertiary/aromatic N) is 2. The summed E-state index contributed by atoms with van der Waals surface area (Å²) >= 11 is 6.22. The van der Waals surface area contributed by atoms with E-state index in [1.54, 1.807) is 6.92 Å². The molecule has 1 heterocycles. The van der Waals surface area contributed by atoms with Gasteiger partial charge in [-0.3, -0.25) is 0 Å². The fourth-order valence-corrected chi connectivity index (χ4v) is 2.67. The maximum atomic E-state index is 13.7. The van der Waals surface area contributed by atoms with Crippen molar-refractivity contribution in [2.75, 3.05) is 0 Å². The van der Waals surface area contributed by atoms with Crippen LogP contribution in [0.25, 0.3) is 11.0 Å². The lowest BCUT2D eigenvalue weighted by molar-refractivity contribution is 0.574. The Morgan fingerprint density at radius 1 is 1.30 bits per heavy atom. The lowest BCUT2D eigenvalue weighted by atomic mass is 10.2. The Morgan fingerprint density at radius 2 is 2.05 bits per heavy atom. The standard InChI is InChI=1S/C16H22ClFN2/c1-4-5-6-7-8-20-15-9-11(2)13(18)10-14(15)19-16(20)12(3)17/h9-10,12H,4-8H2,1-3H3. The second-order valence-corrected chi connectivity index (χ2v) is 6.04. The molecule has 110 valence electrons. The smallest absolute Gasteiger partial charge is 0.128 e. The van der Waals surface area contributed by atoms with E-state index in [2.05, 4.69) is 16.5 Å². The summed E-state index contributed by atoms with van der Waals surface area (Å²) in [5.74, 6) is 0.630. The Balaban J connectivity index is 2.37.